The lowest BCUT2D eigenvalue weighted by molar-refractivity contribution is -0.132. The Morgan fingerprint density at radius 1 is 1.00 bits per heavy atom. The Hall–Kier alpha value is -3.99. The first-order valence-corrected chi connectivity index (χ1v) is 11.7. The SMILES string of the molecule is CCC(=O)N1N=C(c2c(-c3ccccc3)c3cc(C)ccc3[nH]c2=O)C[C@H]1c1ccccc1C. The molecule has 5 rings (SSSR count). The van der Waals surface area contributed by atoms with Gasteiger partial charge in [-0.2, -0.15) is 5.10 Å². The van der Waals surface area contributed by atoms with E-state index < -0.39 is 0 Å². The molecule has 0 saturated heterocycles. The van der Waals surface area contributed by atoms with Crippen LogP contribution in [0.3, 0.4) is 0 Å². The number of nitrogens with zero attached hydrogens (tertiary/aromatic N) is 2. The average molecular weight is 450 g/mol. The predicted molar refractivity (Wildman–Crippen MR) is 137 cm³/mol. The number of aromatic amines is 1. The minimum Gasteiger partial charge on any atom is -0.321 e. The fourth-order valence-corrected chi connectivity index (χ4v) is 4.84. The normalized spacial score (nSPS) is 15.6. The third kappa shape index (κ3) is 3.73. The van der Waals surface area contributed by atoms with Gasteiger partial charge in [0.2, 0.25) is 5.91 Å². The zero-order valence-corrected chi connectivity index (χ0v) is 19.6. The molecule has 0 spiro atoms. The van der Waals surface area contributed by atoms with Crippen LogP contribution < -0.4 is 5.56 Å². The number of hydrogen-bond donors (Lipinski definition) is 1. The molecule has 1 N–H and O–H groups in total. The zero-order chi connectivity index (χ0) is 23.8. The monoisotopic (exact) mass is 449 g/mol. The fraction of sp³-hybridized carbons (Fsp3) is 0.207. The van der Waals surface area contributed by atoms with E-state index in [2.05, 4.69) is 11.1 Å². The van der Waals surface area contributed by atoms with Crippen LogP contribution in [0.15, 0.2) is 82.7 Å². The molecule has 0 aliphatic carbocycles. The third-order valence-corrected chi connectivity index (χ3v) is 6.54. The molecule has 1 aromatic heterocycles. The molecule has 0 radical (unpaired) electrons. The Balaban J connectivity index is 1.76. The summed E-state index contributed by atoms with van der Waals surface area (Å²) in [6.45, 7) is 5.93. The first-order valence-electron chi connectivity index (χ1n) is 11.7. The first-order chi connectivity index (χ1) is 16.5. The number of fused-ring (bicyclic) bond motifs is 1. The number of carbonyl (C=O) groups is 1. The molecule has 5 heteroatoms. The number of amides is 1. The molecule has 2 heterocycles. The minimum absolute atomic E-state index is 0.0578. The Bertz CT molecular complexity index is 1480. The predicted octanol–water partition coefficient (Wildman–Crippen LogP) is 5.90. The number of aryl methyl sites for hydroxylation is 2. The lowest BCUT2D eigenvalue weighted by Crippen LogP contribution is -2.26. The minimum atomic E-state index is -0.236. The van der Waals surface area contributed by atoms with Crippen molar-refractivity contribution in [3.63, 3.8) is 0 Å². The number of pyridine rings is 1. The molecule has 1 amide bonds. The second kappa shape index (κ2) is 8.75. The van der Waals surface area contributed by atoms with E-state index in [1.165, 1.54) is 0 Å². The Labute approximate surface area is 198 Å². The van der Waals surface area contributed by atoms with Crippen molar-refractivity contribution in [3.05, 3.63) is 105 Å². The van der Waals surface area contributed by atoms with Gasteiger partial charge in [-0.15, -0.1) is 0 Å². The summed E-state index contributed by atoms with van der Waals surface area (Å²) in [5.74, 6) is -0.0578. The molecular formula is C29H27N3O2. The molecule has 1 aliphatic rings. The molecule has 0 fully saturated rings. The second-order valence-electron chi connectivity index (χ2n) is 8.83. The van der Waals surface area contributed by atoms with Crippen molar-refractivity contribution in [1.82, 2.24) is 9.99 Å². The summed E-state index contributed by atoms with van der Waals surface area (Å²) >= 11 is 0. The molecule has 5 nitrogen and oxygen atoms in total. The molecule has 0 unspecified atom stereocenters. The van der Waals surface area contributed by atoms with E-state index in [0.717, 1.165) is 38.7 Å². The van der Waals surface area contributed by atoms with Gasteiger partial charge < -0.3 is 4.98 Å². The topological polar surface area (TPSA) is 65.5 Å². The van der Waals surface area contributed by atoms with Crippen LogP contribution >= 0.6 is 0 Å². The van der Waals surface area contributed by atoms with E-state index in [-0.39, 0.29) is 17.5 Å². The van der Waals surface area contributed by atoms with E-state index in [1.54, 1.807) is 5.01 Å². The zero-order valence-electron chi connectivity index (χ0n) is 19.6. The van der Waals surface area contributed by atoms with Crippen molar-refractivity contribution in [2.45, 2.75) is 39.7 Å². The lowest BCUT2D eigenvalue weighted by atomic mass is 9.90. The van der Waals surface area contributed by atoms with Crippen LogP contribution in [0.5, 0.6) is 0 Å². The number of nitrogens with one attached hydrogen (secondary N) is 1. The van der Waals surface area contributed by atoms with E-state index in [9.17, 15) is 9.59 Å². The number of hydrazone groups is 1. The third-order valence-electron chi connectivity index (χ3n) is 6.54. The summed E-state index contributed by atoms with van der Waals surface area (Å²) in [6.07, 6.45) is 0.828. The highest BCUT2D eigenvalue weighted by atomic mass is 16.2. The highest BCUT2D eigenvalue weighted by molar-refractivity contribution is 6.13. The van der Waals surface area contributed by atoms with Gasteiger partial charge in [0.05, 0.1) is 17.3 Å². The van der Waals surface area contributed by atoms with E-state index >= 15 is 0 Å². The smallest absolute Gasteiger partial charge is 0.258 e. The number of H-pyrrole nitrogens is 1. The standard InChI is InChI=1S/C29H27N3O2/c1-4-26(33)32-25(21-13-9-8-10-19(21)3)17-24(31-32)28-27(20-11-6-5-7-12-20)22-16-18(2)14-15-23(22)30-29(28)34/h5-16,25H,4,17H2,1-3H3,(H,30,34)/t25-/m0/s1. The second-order valence-corrected chi connectivity index (χ2v) is 8.83. The Morgan fingerprint density at radius 2 is 1.74 bits per heavy atom. The highest BCUT2D eigenvalue weighted by Crippen LogP contribution is 2.38. The summed E-state index contributed by atoms with van der Waals surface area (Å²) in [4.78, 5) is 29.5. The van der Waals surface area contributed by atoms with Gasteiger partial charge in [-0.3, -0.25) is 9.59 Å². The molecule has 4 aromatic rings. The van der Waals surface area contributed by atoms with Gasteiger partial charge in [-0.25, -0.2) is 5.01 Å². The molecular weight excluding hydrogens is 422 g/mol. The summed E-state index contributed by atoms with van der Waals surface area (Å²) in [6, 6.07) is 23.8. The van der Waals surface area contributed by atoms with Crippen LogP contribution in [0.2, 0.25) is 0 Å². The maximum atomic E-state index is 13.5. The van der Waals surface area contributed by atoms with Crippen molar-refractivity contribution >= 4 is 22.5 Å². The molecule has 0 saturated carbocycles. The molecule has 170 valence electrons. The largest absolute Gasteiger partial charge is 0.321 e. The fourth-order valence-electron chi connectivity index (χ4n) is 4.84. The molecule has 1 atom stereocenters. The average Bonchev–Trinajstić information content (AvgIpc) is 3.28. The van der Waals surface area contributed by atoms with Crippen molar-refractivity contribution < 1.29 is 4.79 Å². The van der Waals surface area contributed by atoms with Crippen molar-refractivity contribution in [2.75, 3.05) is 0 Å². The lowest BCUT2D eigenvalue weighted by Gasteiger charge is -2.23. The van der Waals surface area contributed by atoms with Crippen LogP contribution in [-0.4, -0.2) is 21.6 Å². The summed E-state index contributed by atoms with van der Waals surface area (Å²) in [5, 5.41) is 7.33. The van der Waals surface area contributed by atoms with Crippen molar-refractivity contribution in [2.24, 2.45) is 5.10 Å². The van der Waals surface area contributed by atoms with E-state index in [0.29, 0.717) is 24.1 Å². The van der Waals surface area contributed by atoms with Gasteiger partial charge in [0, 0.05) is 29.3 Å². The maximum absolute atomic E-state index is 13.5. The van der Waals surface area contributed by atoms with E-state index in [1.807, 2.05) is 87.5 Å². The van der Waals surface area contributed by atoms with Gasteiger partial charge >= 0.3 is 0 Å². The highest BCUT2D eigenvalue weighted by Gasteiger charge is 2.35. The molecule has 0 bridgehead atoms. The van der Waals surface area contributed by atoms with Crippen molar-refractivity contribution in [1.29, 1.82) is 0 Å². The maximum Gasteiger partial charge on any atom is 0.258 e. The van der Waals surface area contributed by atoms with Crippen molar-refractivity contribution in [3.8, 4) is 11.1 Å². The number of hydrogen-bond acceptors (Lipinski definition) is 3. The van der Waals surface area contributed by atoms with Crippen LogP contribution in [0.1, 0.15) is 48.1 Å². The van der Waals surface area contributed by atoms with Gasteiger partial charge in [0.25, 0.3) is 5.56 Å². The molecule has 1 aliphatic heterocycles. The van der Waals surface area contributed by atoms with Gasteiger partial charge in [-0.05, 0) is 42.7 Å². The van der Waals surface area contributed by atoms with Crippen LogP contribution in [0.25, 0.3) is 22.0 Å². The van der Waals surface area contributed by atoms with Crippen LogP contribution in [-0.2, 0) is 4.79 Å². The molecule has 34 heavy (non-hydrogen) atoms. The number of carbonyl (C=O) groups excluding carboxylic acids is 1. The van der Waals surface area contributed by atoms with Gasteiger partial charge in [0.1, 0.15) is 0 Å². The summed E-state index contributed by atoms with van der Waals surface area (Å²) < 4.78 is 0. The first kappa shape index (κ1) is 21.8. The van der Waals surface area contributed by atoms with Gasteiger partial charge in [-0.1, -0.05) is 73.2 Å². The number of benzene rings is 3. The summed E-state index contributed by atoms with van der Waals surface area (Å²) in [7, 11) is 0. The molecule has 3 aromatic carbocycles. The Kier molecular flexibility index (Phi) is 5.62. The van der Waals surface area contributed by atoms with Crippen LogP contribution in [0, 0.1) is 13.8 Å². The van der Waals surface area contributed by atoms with Crippen LogP contribution in [0.4, 0.5) is 0 Å². The Morgan fingerprint density at radius 3 is 2.47 bits per heavy atom. The number of rotatable bonds is 4. The van der Waals surface area contributed by atoms with E-state index in [4.69, 9.17) is 5.10 Å². The summed E-state index contributed by atoms with van der Waals surface area (Å²) in [5.41, 5.74) is 6.84. The number of aromatic nitrogens is 1. The quantitative estimate of drug-likeness (QED) is 0.422. The van der Waals surface area contributed by atoms with Gasteiger partial charge in [0.15, 0.2) is 0 Å².